The molecule has 2 aliphatic rings. The van der Waals surface area contributed by atoms with Gasteiger partial charge in [0.15, 0.2) is 0 Å². The number of carbonyl (C=O) groups excluding carboxylic acids is 2. The SMILES string of the molecule is CC(C)(C)C.O=CNC1CNC1.O=CNc1cc(Cl)ccc1C1CNCC1c1cccc(Cl)c1F. The number of benzene rings is 2. The maximum Gasteiger partial charge on any atom is 0.211 e. The van der Waals surface area contributed by atoms with Crippen molar-refractivity contribution in [1.29, 1.82) is 0 Å². The lowest BCUT2D eigenvalue weighted by atomic mass is 9.83. The van der Waals surface area contributed by atoms with Crippen molar-refractivity contribution in [1.82, 2.24) is 16.0 Å². The molecule has 0 aromatic heterocycles. The van der Waals surface area contributed by atoms with Crippen LogP contribution in [0.2, 0.25) is 10.0 Å². The average Bonchev–Trinajstić information content (AvgIpc) is 3.22. The summed E-state index contributed by atoms with van der Waals surface area (Å²) in [5.74, 6) is -0.434. The molecule has 192 valence electrons. The van der Waals surface area contributed by atoms with E-state index < -0.39 is 0 Å². The van der Waals surface area contributed by atoms with Crippen LogP contribution in [0.5, 0.6) is 0 Å². The van der Waals surface area contributed by atoms with Crippen molar-refractivity contribution in [2.45, 2.75) is 45.6 Å². The van der Waals surface area contributed by atoms with Gasteiger partial charge in [0.25, 0.3) is 0 Å². The Morgan fingerprint density at radius 1 is 0.914 bits per heavy atom. The van der Waals surface area contributed by atoms with Gasteiger partial charge in [-0.05, 0) is 34.7 Å². The fourth-order valence-corrected chi connectivity index (χ4v) is 4.04. The van der Waals surface area contributed by atoms with E-state index >= 15 is 0 Å². The molecular formula is C26H35Cl2FN4O2. The summed E-state index contributed by atoms with van der Waals surface area (Å²) in [7, 11) is 0. The molecule has 2 amide bonds. The van der Waals surface area contributed by atoms with Crippen molar-refractivity contribution in [2.75, 3.05) is 31.5 Å². The number of rotatable bonds is 6. The minimum atomic E-state index is -0.383. The highest BCUT2D eigenvalue weighted by Gasteiger charge is 2.33. The zero-order valence-electron chi connectivity index (χ0n) is 20.6. The average molecular weight is 525 g/mol. The van der Waals surface area contributed by atoms with Crippen LogP contribution in [-0.4, -0.2) is 45.0 Å². The van der Waals surface area contributed by atoms with Gasteiger partial charge >= 0.3 is 0 Å². The molecule has 4 rings (SSSR count). The zero-order valence-corrected chi connectivity index (χ0v) is 22.1. The molecule has 0 saturated carbocycles. The fraction of sp³-hybridized carbons (Fsp3) is 0.462. The molecule has 0 aliphatic carbocycles. The van der Waals surface area contributed by atoms with Crippen LogP contribution in [0.25, 0.3) is 0 Å². The van der Waals surface area contributed by atoms with Crippen molar-refractivity contribution in [3.8, 4) is 0 Å². The molecule has 0 bridgehead atoms. The van der Waals surface area contributed by atoms with Gasteiger partial charge in [0.05, 0.1) is 11.1 Å². The van der Waals surface area contributed by atoms with Crippen molar-refractivity contribution in [2.24, 2.45) is 5.41 Å². The van der Waals surface area contributed by atoms with Crippen LogP contribution in [0.15, 0.2) is 36.4 Å². The highest BCUT2D eigenvalue weighted by Crippen LogP contribution is 2.41. The van der Waals surface area contributed by atoms with Gasteiger partial charge in [0.1, 0.15) is 5.82 Å². The second-order valence-corrected chi connectivity index (χ2v) is 11.0. The van der Waals surface area contributed by atoms with E-state index in [0.717, 1.165) is 25.1 Å². The first-order valence-electron chi connectivity index (χ1n) is 11.6. The van der Waals surface area contributed by atoms with Crippen LogP contribution in [-0.2, 0) is 9.59 Å². The summed E-state index contributed by atoms with van der Waals surface area (Å²) < 4.78 is 14.4. The fourth-order valence-electron chi connectivity index (χ4n) is 3.68. The molecule has 9 heteroatoms. The third-order valence-electron chi connectivity index (χ3n) is 5.31. The smallest absolute Gasteiger partial charge is 0.211 e. The van der Waals surface area contributed by atoms with Gasteiger partial charge in [-0.3, -0.25) is 9.59 Å². The van der Waals surface area contributed by atoms with E-state index in [0.29, 0.717) is 47.2 Å². The number of anilines is 1. The van der Waals surface area contributed by atoms with Crippen molar-refractivity contribution >= 4 is 41.7 Å². The molecule has 35 heavy (non-hydrogen) atoms. The number of hydrogen-bond donors (Lipinski definition) is 4. The maximum atomic E-state index is 14.4. The van der Waals surface area contributed by atoms with E-state index in [1.54, 1.807) is 30.3 Å². The molecule has 6 nitrogen and oxygen atoms in total. The molecule has 2 fully saturated rings. The van der Waals surface area contributed by atoms with Crippen molar-refractivity contribution in [3.63, 3.8) is 0 Å². The lowest BCUT2D eigenvalue weighted by Crippen LogP contribution is -2.54. The molecule has 2 unspecified atom stereocenters. The molecule has 0 radical (unpaired) electrons. The Labute approximate surface area is 217 Å². The lowest BCUT2D eigenvalue weighted by Gasteiger charge is -2.25. The molecular weight excluding hydrogens is 490 g/mol. The Hall–Kier alpha value is -2.19. The number of amides is 2. The largest absolute Gasteiger partial charge is 0.353 e. The van der Waals surface area contributed by atoms with Gasteiger partial charge in [0, 0.05) is 48.7 Å². The molecule has 0 spiro atoms. The van der Waals surface area contributed by atoms with Gasteiger partial charge in [-0.25, -0.2) is 4.39 Å². The highest BCUT2D eigenvalue weighted by molar-refractivity contribution is 6.31. The van der Waals surface area contributed by atoms with Gasteiger partial charge in [-0.15, -0.1) is 0 Å². The molecule has 2 aromatic carbocycles. The summed E-state index contributed by atoms with van der Waals surface area (Å²) in [6.45, 7) is 11.9. The Morgan fingerprint density at radius 3 is 2.03 bits per heavy atom. The van der Waals surface area contributed by atoms with Gasteiger partial charge in [-0.1, -0.05) is 69.1 Å². The van der Waals surface area contributed by atoms with E-state index in [1.165, 1.54) is 0 Å². The molecule has 2 aliphatic heterocycles. The molecule has 4 N–H and O–H groups in total. The summed E-state index contributed by atoms with van der Waals surface area (Å²) in [5.41, 5.74) is 2.66. The third kappa shape index (κ3) is 9.41. The standard InChI is InChI=1S/C17H15Cl2FN2O.C5H12.C4H8N2O/c18-10-4-5-11(16(6-10)22-9-23)13-7-21-8-14(13)12-2-1-3-15(19)17(12)20;1-5(2,3)4;7-3-6-4-1-5-2-4/h1-6,9,13-14,21H,7-8H2,(H,22,23);1-4H3;3-5H,1-2H2,(H,6,7). The van der Waals surface area contributed by atoms with Crippen molar-refractivity contribution < 1.29 is 14.0 Å². The third-order valence-corrected chi connectivity index (χ3v) is 5.84. The summed E-state index contributed by atoms with van der Waals surface area (Å²) in [5, 5.41) is 12.3. The minimum absolute atomic E-state index is 0.0164. The highest BCUT2D eigenvalue weighted by atomic mass is 35.5. The Morgan fingerprint density at radius 2 is 1.51 bits per heavy atom. The first-order chi connectivity index (χ1) is 16.5. The number of hydrogen-bond acceptors (Lipinski definition) is 4. The lowest BCUT2D eigenvalue weighted by molar-refractivity contribution is -0.110. The molecule has 2 saturated heterocycles. The quantitative estimate of drug-likeness (QED) is 0.404. The zero-order chi connectivity index (χ0) is 26.0. The van der Waals surface area contributed by atoms with E-state index in [4.69, 9.17) is 23.2 Å². The minimum Gasteiger partial charge on any atom is -0.353 e. The first kappa shape index (κ1) is 29.0. The van der Waals surface area contributed by atoms with Crippen LogP contribution in [0.4, 0.5) is 10.1 Å². The van der Waals surface area contributed by atoms with E-state index in [2.05, 4.69) is 49.0 Å². The van der Waals surface area contributed by atoms with E-state index in [-0.39, 0.29) is 22.7 Å². The maximum absolute atomic E-state index is 14.4. The summed E-state index contributed by atoms with van der Waals surface area (Å²) in [6, 6.07) is 10.8. The summed E-state index contributed by atoms with van der Waals surface area (Å²) >= 11 is 11.9. The predicted molar refractivity (Wildman–Crippen MR) is 142 cm³/mol. The van der Waals surface area contributed by atoms with E-state index in [1.807, 2.05) is 6.07 Å². The number of nitrogens with one attached hydrogen (secondary N) is 4. The Bertz CT molecular complexity index is 974. The monoisotopic (exact) mass is 524 g/mol. The molecule has 2 atom stereocenters. The number of halogens is 3. The summed E-state index contributed by atoms with van der Waals surface area (Å²) in [4.78, 5) is 20.5. The van der Waals surface area contributed by atoms with E-state index in [9.17, 15) is 14.0 Å². The van der Waals surface area contributed by atoms with Gasteiger partial charge in [0.2, 0.25) is 12.8 Å². The van der Waals surface area contributed by atoms with Crippen LogP contribution < -0.4 is 21.3 Å². The van der Waals surface area contributed by atoms with Gasteiger partial charge < -0.3 is 21.3 Å². The normalized spacial score (nSPS) is 19.3. The topological polar surface area (TPSA) is 82.3 Å². The second kappa shape index (κ2) is 13.8. The van der Waals surface area contributed by atoms with Gasteiger partial charge in [-0.2, -0.15) is 0 Å². The van der Waals surface area contributed by atoms with Crippen molar-refractivity contribution in [3.05, 3.63) is 63.4 Å². The van der Waals surface area contributed by atoms with Crippen LogP contribution in [0.1, 0.15) is 50.7 Å². The Kier molecular flexibility index (Phi) is 11.4. The van der Waals surface area contributed by atoms with Crippen LogP contribution in [0, 0.1) is 11.2 Å². The summed E-state index contributed by atoms with van der Waals surface area (Å²) in [6.07, 6.45) is 1.36. The first-order valence-corrected chi connectivity index (χ1v) is 12.4. The predicted octanol–water partition coefficient (Wildman–Crippen LogP) is 4.93. The second-order valence-electron chi connectivity index (χ2n) is 10.1. The Balaban J connectivity index is 0.000000296. The molecule has 2 aromatic rings. The molecule has 2 heterocycles. The van der Waals surface area contributed by atoms with Crippen LogP contribution >= 0.6 is 23.2 Å². The van der Waals surface area contributed by atoms with Crippen LogP contribution in [0.3, 0.4) is 0 Å². The number of carbonyl (C=O) groups is 2.